The Morgan fingerprint density at radius 1 is 1.07 bits per heavy atom. The number of nitrogens with two attached hydrogens (primary N) is 1. The van der Waals surface area contributed by atoms with Gasteiger partial charge in [-0.1, -0.05) is 42.5 Å². The van der Waals surface area contributed by atoms with Gasteiger partial charge in [-0.25, -0.2) is 9.97 Å². The third kappa shape index (κ3) is 3.81. The number of benzene rings is 2. The molecule has 1 atom stereocenters. The monoisotopic (exact) mass is 402 g/mol. The van der Waals surface area contributed by atoms with Gasteiger partial charge in [0.1, 0.15) is 18.1 Å². The van der Waals surface area contributed by atoms with Gasteiger partial charge >= 0.3 is 0 Å². The molecule has 0 fully saturated rings. The number of hydrogen-bond donors (Lipinski definition) is 3. The van der Waals surface area contributed by atoms with Gasteiger partial charge in [0.2, 0.25) is 11.7 Å². The number of Topliss-reactive ketones (excluding diaryl/α,β-unsaturated/α-hetero) is 1. The summed E-state index contributed by atoms with van der Waals surface area (Å²) in [5.41, 5.74) is 7.65. The van der Waals surface area contributed by atoms with E-state index in [1.165, 1.54) is 17.1 Å². The normalized spacial score (nSPS) is 11.9. The number of hydrogen-bond acceptors (Lipinski definition) is 5. The number of rotatable bonds is 7. The summed E-state index contributed by atoms with van der Waals surface area (Å²) in [6, 6.07) is 15.4. The maximum atomic E-state index is 12.9. The zero-order chi connectivity index (χ0) is 21.1. The number of carbonyl (C=O) groups is 3. The highest BCUT2D eigenvalue weighted by Gasteiger charge is 2.27. The summed E-state index contributed by atoms with van der Waals surface area (Å²) in [5.74, 6) is -2.16. The van der Waals surface area contributed by atoms with Crippen molar-refractivity contribution in [2.75, 3.05) is 0 Å². The lowest BCUT2D eigenvalue weighted by molar-refractivity contribution is -0.137. The van der Waals surface area contributed by atoms with Gasteiger partial charge in [0.25, 0.3) is 11.8 Å². The van der Waals surface area contributed by atoms with Gasteiger partial charge in [-0.3, -0.25) is 19.0 Å². The predicted octanol–water partition coefficient (Wildman–Crippen LogP) is 1.14. The molecule has 0 aliphatic rings. The van der Waals surface area contributed by atoms with Crippen LogP contribution in [0.1, 0.15) is 16.1 Å². The van der Waals surface area contributed by atoms with Crippen LogP contribution in [0.15, 0.2) is 67.1 Å². The maximum absolute atomic E-state index is 12.9. The Labute approximate surface area is 170 Å². The molecule has 0 saturated heterocycles. The van der Waals surface area contributed by atoms with Crippen molar-refractivity contribution < 1.29 is 14.4 Å². The van der Waals surface area contributed by atoms with Crippen molar-refractivity contribution in [1.82, 2.24) is 24.8 Å². The Balaban J connectivity index is 1.61. The molecule has 2 aromatic heterocycles. The predicted molar refractivity (Wildman–Crippen MR) is 109 cm³/mol. The molecule has 0 aliphatic carbocycles. The summed E-state index contributed by atoms with van der Waals surface area (Å²) in [5, 5.41) is 2.60. The number of nitrogens with zero attached hydrogens (tertiary/aromatic N) is 3. The van der Waals surface area contributed by atoms with E-state index in [-0.39, 0.29) is 12.1 Å². The molecule has 0 aliphatic heterocycles. The second-order valence-electron chi connectivity index (χ2n) is 6.67. The largest absolute Gasteiger partial charge is 0.363 e. The van der Waals surface area contributed by atoms with Gasteiger partial charge < -0.3 is 16.0 Å². The quantitative estimate of drug-likeness (QED) is 0.398. The van der Waals surface area contributed by atoms with E-state index < -0.39 is 23.6 Å². The SMILES string of the molecule is NC(=O)C(=O)[C@H](Cc1ccccc1)NC(=O)c1cncn1-c1nc2ccccc2[nH]1. The van der Waals surface area contributed by atoms with Crippen LogP contribution in [0.3, 0.4) is 0 Å². The van der Waals surface area contributed by atoms with E-state index >= 15 is 0 Å². The van der Waals surface area contributed by atoms with Gasteiger partial charge in [-0.2, -0.15) is 0 Å². The van der Waals surface area contributed by atoms with Crippen LogP contribution in [0.4, 0.5) is 0 Å². The maximum Gasteiger partial charge on any atom is 0.287 e. The highest BCUT2D eigenvalue weighted by molar-refractivity contribution is 6.38. The lowest BCUT2D eigenvalue weighted by Crippen LogP contribution is -2.47. The van der Waals surface area contributed by atoms with E-state index in [9.17, 15) is 14.4 Å². The molecule has 4 aromatic rings. The second kappa shape index (κ2) is 8.00. The van der Waals surface area contributed by atoms with Crippen LogP contribution in [0.2, 0.25) is 0 Å². The number of primary amides is 1. The Kier molecular flexibility index (Phi) is 5.08. The standard InChI is InChI=1S/C21H18N6O3/c22-19(29)18(28)16(10-13-6-2-1-3-7-13)24-20(30)17-11-23-12-27(17)21-25-14-8-4-5-9-15(14)26-21/h1-9,11-12,16H,10H2,(H2,22,29)(H,24,30)(H,25,26)/t16-/m0/s1. The number of carbonyl (C=O) groups excluding carboxylic acids is 3. The molecule has 150 valence electrons. The number of ketones is 1. The molecule has 0 radical (unpaired) electrons. The average molecular weight is 402 g/mol. The third-order valence-corrected chi connectivity index (χ3v) is 4.62. The smallest absolute Gasteiger partial charge is 0.287 e. The van der Waals surface area contributed by atoms with Crippen molar-refractivity contribution in [2.24, 2.45) is 5.73 Å². The molecule has 4 N–H and O–H groups in total. The Morgan fingerprint density at radius 3 is 2.53 bits per heavy atom. The number of fused-ring (bicyclic) bond motifs is 1. The van der Waals surface area contributed by atoms with Crippen LogP contribution in [-0.4, -0.2) is 43.2 Å². The molecule has 2 amide bonds. The fourth-order valence-electron chi connectivity index (χ4n) is 3.15. The van der Waals surface area contributed by atoms with E-state index in [1.807, 2.05) is 30.3 Å². The number of H-pyrrole nitrogens is 1. The molecule has 9 nitrogen and oxygen atoms in total. The molecule has 30 heavy (non-hydrogen) atoms. The highest BCUT2D eigenvalue weighted by Crippen LogP contribution is 2.15. The van der Waals surface area contributed by atoms with Gasteiger partial charge in [0.15, 0.2) is 0 Å². The molecule has 9 heteroatoms. The summed E-state index contributed by atoms with van der Waals surface area (Å²) in [4.78, 5) is 48.3. The minimum absolute atomic E-state index is 0.132. The van der Waals surface area contributed by atoms with Gasteiger partial charge in [0, 0.05) is 6.42 Å². The summed E-state index contributed by atoms with van der Waals surface area (Å²) in [6.07, 6.45) is 2.93. The molecule has 0 unspecified atom stereocenters. The van der Waals surface area contributed by atoms with Crippen LogP contribution in [0.25, 0.3) is 17.0 Å². The molecular weight excluding hydrogens is 384 g/mol. The Morgan fingerprint density at radius 2 is 1.80 bits per heavy atom. The fourth-order valence-corrected chi connectivity index (χ4v) is 3.15. The first-order valence-electron chi connectivity index (χ1n) is 9.19. The summed E-state index contributed by atoms with van der Waals surface area (Å²) in [6.45, 7) is 0. The van der Waals surface area contributed by atoms with Gasteiger partial charge in [0.05, 0.1) is 17.2 Å². The van der Waals surface area contributed by atoms with Crippen LogP contribution in [0, 0.1) is 0 Å². The van der Waals surface area contributed by atoms with Crippen LogP contribution >= 0.6 is 0 Å². The second-order valence-corrected chi connectivity index (χ2v) is 6.67. The van der Waals surface area contributed by atoms with E-state index in [2.05, 4.69) is 20.3 Å². The number of para-hydroxylation sites is 2. The van der Waals surface area contributed by atoms with Crippen molar-refractivity contribution in [1.29, 1.82) is 0 Å². The van der Waals surface area contributed by atoms with E-state index in [1.54, 1.807) is 24.3 Å². The Hall–Kier alpha value is -4.27. The van der Waals surface area contributed by atoms with E-state index in [0.29, 0.717) is 5.95 Å². The molecule has 2 aromatic carbocycles. The molecule has 0 saturated carbocycles. The van der Waals surface area contributed by atoms with Crippen LogP contribution in [-0.2, 0) is 16.0 Å². The summed E-state index contributed by atoms with van der Waals surface area (Å²) in [7, 11) is 0. The van der Waals surface area contributed by atoms with Crippen molar-refractivity contribution in [3.63, 3.8) is 0 Å². The minimum atomic E-state index is -1.11. The molecular formula is C21H18N6O3. The summed E-state index contributed by atoms with van der Waals surface area (Å²) < 4.78 is 1.48. The third-order valence-electron chi connectivity index (χ3n) is 4.62. The number of imidazole rings is 2. The van der Waals surface area contributed by atoms with E-state index in [4.69, 9.17) is 5.73 Å². The summed E-state index contributed by atoms with van der Waals surface area (Å²) >= 11 is 0. The van der Waals surface area contributed by atoms with Gasteiger partial charge in [-0.15, -0.1) is 0 Å². The topological polar surface area (TPSA) is 136 Å². The lowest BCUT2D eigenvalue weighted by Gasteiger charge is -2.16. The molecule has 2 heterocycles. The first kappa shape index (κ1) is 19.1. The molecule has 0 bridgehead atoms. The number of aromatic nitrogens is 4. The van der Waals surface area contributed by atoms with Gasteiger partial charge in [-0.05, 0) is 17.7 Å². The van der Waals surface area contributed by atoms with Crippen molar-refractivity contribution >= 4 is 28.6 Å². The fraction of sp³-hybridized carbons (Fsp3) is 0.0952. The van der Waals surface area contributed by atoms with E-state index in [0.717, 1.165) is 16.6 Å². The van der Waals surface area contributed by atoms with Crippen LogP contribution < -0.4 is 11.1 Å². The minimum Gasteiger partial charge on any atom is -0.363 e. The number of nitrogens with one attached hydrogen (secondary N) is 2. The zero-order valence-electron chi connectivity index (χ0n) is 15.8. The average Bonchev–Trinajstić information content (AvgIpc) is 3.40. The number of aromatic amines is 1. The van der Waals surface area contributed by atoms with Crippen molar-refractivity contribution in [3.05, 3.63) is 78.4 Å². The van der Waals surface area contributed by atoms with Crippen LogP contribution in [0.5, 0.6) is 0 Å². The Bertz CT molecular complexity index is 1190. The highest BCUT2D eigenvalue weighted by atomic mass is 16.2. The van der Waals surface area contributed by atoms with Crippen molar-refractivity contribution in [3.8, 4) is 5.95 Å². The van der Waals surface area contributed by atoms with Crippen molar-refractivity contribution in [2.45, 2.75) is 12.5 Å². The first-order chi connectivity index (χ1) is 14.5. The molecule has 4 rings (SSSR count). The number of amides is 2. The zero-order valence-corrected chi connectivity index (χ0v) is 15.8. The molecule has 0 spiro atoms. The lowest BCUT2D eigenvalue weighted by atomic mass is 10.0. The first-order valence-corrected chi connectivity index (χ1v) is 9.19.